The third kappa shape index (κ3) is 3.36. The Morgan fingerprint density at radius 3 is 2.32 bits per heavy atom. The largest absolute Gasteiger partial charge is 0.399 e. The Morgan fingerprint density at radius 1 is 1.00 bits per heavy atom. The van der Waals surface area contributed by atoms with Crippen molar-refractivity contribution in [2.45, 2.75) is 11.3 Å². The lowest BCUT2D eigenvalue weighted by Gasteiger charge is -2.08. The van der Waals surface area contributed by atoms with Gasteiger partial charge in [-0.2, -0.15) is 0 Å². The van der Waals surface area contributed by atoms with E-state index in [9.17, 15) is 8.42 Å². The number of para-hydroxylation sites is 1. The van der Waals surface area contributed by atoms with E-state index in [0.29, 0.717) is 21.5 Å². The Morgan fingerprint density at radius 2 is 1.63 bits per heavy atom. The Balaban J connectivity index is 2.20. The molecule has 0 aliphatic carbocycles. The minimum atomic E-state index is -3.31. The fourth-order valence-corrected chi connectivity index (χ4v) is 4.20. The summed E-state index contributed by atoms with van der Waals surface area (Å²) in [4.78, 5) is 0.324. The van der Waals surface area contributed by atoms with Gasteiger partial charge in [0.1, 0.15) is 0 Å². The number of rotatable bonds is 4. The second kappa shape index (κ2) is 5.75. The smallest absolute Gasteiger partial charge is 0.179 e. The zero-order valence-electron chi connectivity index (χ0n) is 10.2. The Kier molecular flexibility index (Phi) is 4.27. The highest BCUT2D eigenvalue weighted by atomic mass is 79.9. The van der Waals surface area contributed by atoms with Crippen LogP contribution in [0, 0.1) is 0 Å². The van der Waals surface area contributed by atoms with Crippen LogP contribution in [-0.2, 0) is 16.3 Å². The molecular weight excluding hydrogens is 326 g/mol. The van der Waals surface area contributed by atoms with Crippen molar-refractivity contribution in [3.05, 3.63) is 58.6 Å². The van der Waals surface area contributed by atoms with Gasteiger partial charge >= 0.3 is 0 Å². The third-order valence-electron chi connectivity index (χ3n) is 2.87. The van der Waals surface area contributed by atoms with Gasteiger partial charge in [-0.1, -0.05) is 30.3 Å². The van der Waals surface area contributed by atoms with Crippen molar-refractivity contribution in [3.63, 3.8) is 0 Å². The van der Waals surface area contributed by atoms with Crippen LogP contribution in [0.15, 0.2) is 57.9 Å². The van der Waals surface area contributed by atoms with Crippen molar-refractivity contribution in [2.75, 3.05) is 11.5 Å². The maximum Gasteiger partial charge on any atom is 0.179 e. The number of aryl methyl sites for hydroxylation is 1. The summed E-state index contributed by atoms with van der Waals surface area (Å²) < 4.78 is 25.1. The number of sulfone groups is 1. The fourth-order valence-electron chi connectivity index (χ4n) is 1.81. The maximum atomic E-state index is 12.3. The summed E-state index contributed by atoms with van der Waals surface area (Å²) in [5, 5.41) is 0. The number of anilines is 1. The van der Waals surface area contributed by atoms with E-state index in [0.717, 1.165) is 5.56 Å². The van der Waals surface area contributed by atoms with E-state index < -0.39 is 9.84 Å². The van der Waals surface area contributed by atoms with Crippen LogP contribution in [0.2, 0.25) is 0 Å². The average Bonchev–Trinajstić information content (AvgIpc) is 2.38. The third-order valence-corrected chi connectivity index (χ3v) is 5.59. The predicted octanol–water partition coefficient (Wildman–Crippen LogP) is 3.05. The van der Waals surface area contributed by atoms with Crippen molar-refractivity contribution in [2.24, 2.45) is 0 Å². The van der Waals surface area contributed by atoms with Gasteiger partial charge in [-0.15, -0.1) is 0 Å². The van der Waals surface area contributed by atoms with Crippen molar-refractivity contribution < 1.29 is 8.42 Å². The van der Waals surface area contributed by atoms with Gasteiger partial charge in [-0.25, -0.2) is 8.42 Å². The van der Waals surface area contributed by atoms with Crippen LogP contribution in [0.3, 0.4) is 0 Å². The van der Waals surface area contributed by atoms with Crippen molar-refractivity contribution >= 4 is 31.5 Å². The number of hydrogen-bond acceptors (Lipinski definition) is 3. The van der Waals surface area contributed by atoms with Crippen LogP contribution in [0.25, 0.3) is 0 Å². The molecule has 0 amide bonds. The minimum Gasteiger partial charge on any atom is -0.399 e. The van der Waals surface area contributed by atoms with Crippen molar-refractivity contribution in [1.29, 1.82) is 0 Å². The van der Waals surface area contributed by atoms with E-state index in [1.54, 1.807) is 30.3 Å². The Labute approximate surface area is 121 Å². The van der Waals surface area contributed by atoms with Crippen LogP contribution in [0.1, 0.15) is 5.56 Å². The molecule has 19 heavy (non-hydrogen) atoms. The van der Waals surface area contributed by atoms with Crippen LogP contribution < -0.4 is 5.73 Å². The summed E-state index contributed by atoms with van der Waals surface area (Å²) in [6.07, 6.45) is 0.413. The van der Waals surface area contributed by atoms with E-state index >= 15 is 0 Å². The number of hydrogen-bond donors (Lipinski definition) is 1. The fraction of sp³-hybridized carbons (Fsp3) is 0.143. The first-order valence-electron chi connectivity index (χ1n) is 5.81. The van der Waals surface area contributed by atoms with E-state index in [2.05, 4.69) is 15.9 Å². The summed E-state index contributed by atoms with van der Waals surface area (Å²) in [6, 6.07) is 14.2. The van der Waals surface area contributed by atoms with Gasteiger partial charge in [-0.05, 0) is 46.1 Å². The Bertz CT molecular complexity index is 683. The van der Waals surface area contributed by atoms with Gasteiger partial charge in [-0.3, -0.25) is 0 Å². The molecule has 2 aromatic carbocycles. The van der Waals surface area contributed by atoms with Crippen LogP contribution >= 0.6 is 15.9 Å². The van der Waals surface area contributed by atoms with Crippen molar-refractivity contribution in [1.82, 2.24) is 0 Å². The highest BCUT2D eigenvalue weighted by Gasteiger charge is 2.17. The Hall–Kier alpha value is -1.33. The maximum absolute atomic E-state index is 12.3. The second-order valence-electron chi connectivity index (χ2n) is 4.20. The van der Waals surface area contributed by atoms with Crippen molar-refractivity contribution in [3.8, 4) is 0 Å². The zero-order chi connectivity index (χ0) is 13.9. The standard InChI is InChI=1S/C14H14BrNO2S/c15-12-6-2-4-8-14(12)19(17,18)10-9-11-5-1-3-7-13(11)16/h1-8H,9-10,16H2. The van der Waals surface area contributed by atoms with Crippen LogP contribution in [0.4, 0.5) is 5.69 Å². The minimum absolute atomic E-state index is 0.0455. The molecule has 0 saturated heterocycles. The summed E-state index contributed by atoms with van der Waals surface area (Å²) in [5.74, 6) is 0.0455. The first-order chi connectivity index (χ1) is 9.00. The summed E-state index contributed by atoms with van der Waals surface area (Å²) >= 11 is 3.27. The summed E-state index contributed by atoms with van der Waals surface area (Å²) in [6.45, 7) is 0. The first kappa shape index (κ1) is 14.1. The first-order valence-corrected chi connectivity index (χ1v) is 8.26. The summed E-state index contributed by atoms with van der Waals surface area (Å²) in [5.41, 5.74) is 7.30. The normalized spacial score (nSPS) is 11.4. The molecule has 0 atom stereocenters. The number of nitrogens with two attached hydrogens (primary N) is 1. The molecule has 2 N–H and O–H groups in total. The predicted molar refractivity (Wildman–Crippen MR) is 80.8 cm³/mol. The van der Waals surface area contributed by atoms with E-state index in [-0.39, 0.29) is 5.75 Å². The molecule has 2 rings (SSSR count). The molecule has 0 unspecified atom stereocenters. The van der Waals surface area contributed by atoms with Gasteiger partial charge < -0.3 is 5.73 Å². The molecule has 3 nitrogen and oxygen atoms in total. The molecule has 0 spiro atoms. The molecule has 5 heteroatoms. The number of halogens is 1. The molecule has 0 heterocycles. The molecule has 0 aliphatic rings. The lowest BCUT2D eigenvalue weighted by atomic mass is 10.1. The lowest BCUT2D eigenvalue weighted by molar-refractivity contribution is 0.595. The second-order valence-corrected chi connectivity index (χ2v) is 7.13. The van der Waals surface area contributed by atoms with E-state index in [1.807, 2.05) is 18.2 Å². The highest BCUT2D eigenvalue weighted by Crippen LogP contribution is 2.23. The average molecular weight is 340 g/mol. The molecule has 2 aromatic rings. The highest BCUT2D eigenvalue weighted by molar-refractivity contribution is 9.10. The monoisotopic (exact) mass is 339 g/mol. The molecular formula is C14H14BrNO2S. The van der Waals surface area contributed by atoms with Gasteiger partial charge in [0.15, 0.2) is 9.84 Å². The van der Waals surface area contributed by atoms with E-state index in [1.165, 1.54) is 0 Å². The zero-order valence-corrected chi connectivity index (χ0v) is 12.6. The number of benzene rings is 2. The lowest BCUT2D eigenvalue weighted by Crippen LogP contribution is -2.10. The quantitative estimate of drug-likeness (QED) is 0.871. The SMILES string of the molecule is Nc1ccccc1CCS(=O)(=O)c1ccccc1Br. The molecule has 0 aliphatic heterocycles. The molecule has 0 fully saturated rings. The van der Waals surface area contributed by atoms with Gasteiger partial charge in [0.25, 0.3) is 0 Å². The van der Waals surface area contributed by atoms with E-state index in [4.69, 9.17) is 5.73 Å². The number of nitrogen functional groups attached to an aromatic ring is 1. The van der Waals surface area contributed by atoms with Crippen LogP contribution in [-0.4, -0.2) is 14.2 Å². The molecule has 0 saturated carbocycles. The van der Waals surface area contributed by atoms with Gasteiger partial charge in [0.05, 0.1) is 10.6 Å². The van der Waals surface area contributed by atoms with Crippen LogP contribution in [0.5, 0.6) is 0 Å². The molecule has 0 radical (unpaired) electrons. The van der Waals surface area contributed by atoms with Gasteiger partial charge in [0.2, 0.25) is 0 Å². The molecule has 0 bridgehead atoms. The topological polar surface area (TPSA) is 60.2 Å². The van der Waals surface area contributed by atoms with Gasteiger partial charge in [0, 0.05) is 10.2 Å². The summed E-state index contributed by atoms with van der Waals surface area (Å²) in [7, 11) is -3.31. The molecule has 0 aromatic heterocycles. The molecule has 100 valence electrons.